The van der Waals surface area contributed by atoms with Gasteiger partial charge in [0.05, 0.1) is 11.1 Å². The molecule has 0 bridgehead atoms. The zero-order valence-corrected chi connectivity index (χ0v) is 21.1. The highest BCUT2D eigenvalue weighted by molar-refractivity contribution is 7.65. The molecule has 2 heterocycles. The van der Waals surface area contributed by atoms with Crippen molar-refractivity contribution >= 4 is 29.9 Å². The summed E-state index contributed by atoms with van der Waals surface area (Å²) in [6.45, 7) is 2.07. The number of aromatic nitrogens is 2. The van der Waals surface area contributed by atoms with E-state index in [-0.39, 0.29) is 25.9 Å². The molecule has 4 nitrogen and oxygen atoms in total. The van der Waals surface area contributed by atoms with Crippen LogP contribution in [0.15, 0.2) is 66.7 Å². The van der Waals surface area contributed by atoms with Gasteiger partial charge in [-0.1, -0.05) is 62.5 Å². The summed E-state index contributed by atoms with van der Waals surface area (Å²) in [4.78, 5) is 11.1. The van der Waals surface area contributed by atoms with Gasteiger partial charge in [0.2, 0.25) is 0 Å². The van der Waals surface area contributed by atoms with Crippen molar-refractivity contribution < 1.29 is 17.6 Å². The fourth-order valence-corrected chi connectivity index (χ4v) is 7.03. The molecular weight excluding hydrogens is 499 g/mol. The topological polar surface area (TPSA) is 41.1 Å². The number of rotatable bonds is 8. The van der Waals surface area contributed by atoms with Crippen LogP contribution in [0.1, 0.15) is 28.9 Å². The monoisotopic (exact) mass is 526 g/mol. The maximum Gasteiger partial charge on any atom is 0.266 e. The van der Waals surface area contributed by atoms with E-state index in [1.807, 2.05) is 18.2 Å². The molecule has 3 aromatic carbocycles. The maximum absolute atomic E-state index is 14.5. The molecule has 9 heteroatoms. The van der Waals surface area contributed by atoms with Crippen LogP contribution in [-0.2, 0) is 19.8 Å². The summed E-state index contributed by atoms with van der Waals surface area (Å²) in [5.74, 6) is -0.552. The summed E-state index contributed by atoms with van der Waals surface area (Å²) < 4.78 is 54.2. The van der Waals surface area contributed by atoms with E-state index in [0.717, 1.165) is 38.0 Å². The summed E-state index contributed by atoms with van der Waals surface area (Å²) in [5, 5.41) is 4.98. The molecule has 0 spiro atoms. The van der Waals surface area contributed by atoms with E-state index in [1.54, 1.807) is 0 Å². The van der Waals surface area contributed by atoms with E-state index in [1.165, 1.54) is 23.0 Å². The van der Waals surface area contributed by atoms with Gasteiger partial charge in [0.15, 0.2) is 5.82 Å². The number of alkyl halides is 3. The fraction of sp³-hybridized carbons (Fsp3) is 0.286. The Kier molecular flexibility index (Phi) is 7.96. The molecule has 5 rings (SSSR count). The average molecular weight is 527 g/mol. The van der Waals surface area contributed by atoms with Crippen LogP contribution in [0.2, 0.25) is 0 Å². The smallest absolute Gasteiger partial charge is 0.266 e. The summed E-state index contributed by atoms with van der Waals surface area (Å²) in [6.07, 6.45) is -0.751. The van der Waals surface area contributed by atoms with Crippen LogP contribution in [0, 0.1) is 5.82 Å². The molecule has 1 aliphatic rings. The minimum absolute atomic E-state index is 0.0180. The molecule has 0 aliphatic carbocycles. The first-order valence-corrected chi connectivity index (χ1v) is 13.9. The molecule has 0 unspecified atom stereocenters. The number of nitrogens with zero attached hydrogens (tertiary/aromatic N) is 3. The zero-order valence-electron chi connectivity index (χ0n) is 20.2. The van der Waals surface area contributed by atoms with Crippen LogP contribution in [0.4, 0.5) is 23.4 Å². The Morgan fingerprint density at radius 3 is 2.46 bits per heavy atom. The Bertz CT molecular complexity index is 1360. The zero-order chi connectivity index (χ0) is 25.8. The Morgan fingerprint density at radius 1 is 0.946 bits per heavy atom. The van der Waals surface area contributed by atoms with Crippen molar-refractivity contribution in [3.63, 3.8) is 0 Å². The Labute approximate surface area is 214 Å². The lowest BCUT2D eigenvalue weighted by Crippen LogP contribution is -2.35. The van der Waals surface area contributed by atoms with Gasteiger partial charge in [-0.15, -0.1) is 0 Å². The van der Waals surface area contributed by atoms with E-state index >= 15 is 0 Å². The van der Waals surface area contributed by atoms with Crippen molar-refractivity contribution in [1.82, 2.24) is 14.9 Å². The molecule has 0 atom stereocenters. The molecule has 37 heavy (non-hydrogen) atoms. The quantitative estimate of drug-likeness (QED) is 0.213. The highest BCUT2D eigenvalue weighted by Gasteiger charge is 2.22. The van der Waals surface area contributed by atoms with E-state index in [9.17, 15) is 17.6 Å². The number of anilines is 1. The molecule has 0 radical (unpaired) electrons. The second-order valence-corrected chi connectivity index (χ2v) is 11.5. The number of halogens is 4. The normalized spacial score (nSPS) is 14.9. The van der Waals surface area contributed by atoms with Crippen LogP contribution in [0.3, 0.4) is 0 Å². The summed E-state index contributed by atoms with van der Waals surface area (Å²) in [5.41, 5.74) is 1.36. The highest BCUT2D eigenvalue weighted by Crippen LogP contribution is 2.38. The largest absolute Gasteiger partial charge is 0.365 e. The second kappa shape index (κ2) is 11.5. The third-order valence-corrected chi connectivity index (χ3v) is 9.11. The first kappa shape index (κ1) is 25.6. The lowest BCUT2D eigenvalue weighted by molar-refractivity contribution is 0.146. The SMILES string of the molecule is FCc1nc(NCc2cccc(C(F)F)c2F)c2cc(P3CCN(Cc4ccccc4)CC3)ccc2n1. The van der Waals surface area contributed by atoms with Crippen molar-refractivity contribution in [2.24, 2.45) is 0 Å². The number of fused-ring (bicyclic) bond motifs is 1. The molecule has 192 valence electrons. The summed E-state index contributed by atoms with van der Waals surface area (Å²) in [7, 11) is -0.377. The van der Waals surface area contributed by atoms with Crippen LogP contribution in [-0.4, -0.2) is 40.3 Å². The number of hydrogen-bond acceptors (Lipinski definition) is 4. The Morgan fingerprint density at radius 2 is 1.73 bits per heavy atom. The maximum atomic E-state index is 14.5. The average Bonchev–Trinajstić information content (AvgIpc) is 2.92. The Balaban J connectivity index is 1.35. The van der Waals surface area contributed by atoms with Crippen molar-refractivity contribution in [3.8, 4) is 0 Å². The fourth-order valence-electron chi connectivity index (χ4n) is 4.65. The lowest BCUT2D eigenvalue weighted by atomic mass is 10.1. The minimum Gasteiger partial charge on any atom is -0.365 e. The molecule has 0 amide bonds. The predicted octanol–water partition coefficient (Wildman–Crippen LogP) is 6.41. The molecule has 1 aliphatic heterocycles. The molecular formula is C28H27F4N4P. The molecule has 4 aromatic rings. The molecule has 1 saturated heterocycles. The van der Waals surface area contributed by atoms with Gasteiger partial charge in [0.25, 0.3) is 6.43 Å². The molecule has 0 saturated carbocycles. The molecule has 1 N–H and O–H groups in total. The molecule has 1 fully saturated rings. The van der Waals surface area contributed by atoms with Crippen molar-refractivity contribution in [3.05, 3.63) is 95.1 Å². The first-order valence-electron chi connectivity index (χ1n) is 12.2. The van der Waals surface area contributed by atoms with Crippen LogP contribution in [0.5, 0.6) is 0 Å². The third kappa shape index (κ3) is 5.91. The lowest BCUT2D eigenvalue weighted by Gasteiger charge is -2.32. The van der Waals surface area contributed by atoms with E-state index in [4.69, 9.17) is 0 Å². The van der Waals surface area contributed by atoms with Crippen molar-refractivity contribution in [2.75, 3.05) is 30.7 Å². The molecule has 1 aromatic heterocycles. The van der Waals surface area contributed by atoms with Crippen molar-refractivity contribution in [1.29, 1.82) is 0 Å². The first-order chi connectivity index (χ1) is 18.0. The van der Waals surface area contributed by atoms with Gasteiger partial charge in [-0.3, -0.25) is 4.90 Å². The predicted molar refractivity (Wildman–Crippen MR) is 141 cm³/mol. The van der Waals surface area contributed by atoms with Gasteiger partial charge in [0, 0.05) is 37.1 Å². The van der Waals surface area contributed by atoms with E-state index in [2.05, 4.69) is 50.5 Å². The van der Waals surface area contributed by atoms with Crippen LogP contribution in [0.25, 0.3) is 10.9 Å². The van der Waals surface area contributed by atoms with Crippen LogP contribution >= 0.6 is 7.92 Å². The van der Waals surface area contributed by atoms with Gasteiger partial charge in [-0.05, 0) is 35.3 Å². The number of nitrogens with one attached hydrogen (secondary N) is 1. The van der Waals surface area contributed by atoms with E-state index in [0.29, 0.717) is 16.7 Å². The summed E-state index contributed by atoms with van der Waals surface area (Å²) in [6, 6.07) is 20.4. The van der Waals surface area contributed by atoms with Gasteiger partial charge in [0.1, 0.15) is 18.3 Å². The van der Waals surface area contributed by atoms with Crippen LogP contribution < -0.4 is 10.6 Å². The van der Waals surface area contributed by atoms with E-state index < -0.39 is 24.5 Å². The van der Waals surface area contributed by atoms with Crippen molar-refractivity contribution in [2.45, 2.75) is 26.2 Å². The number of benzene rings is 3. The minimum atomic E-state index is -2.90. The highest BCUT2D eigenvalue weighted by atomic mass is 31.1. The standard InChI is InChI=1S/C28H27F4N4P/c29-16-25-34-24-10-9-21(37-13-11-36(12-14-37)18-19-5-2-1-3-6-19)15-23(24)28(35-25)33-17-20-7-4-8-22(26(20)30)27(31)32/h1-10,15,27H,11-14,16-18H2,(H,33,34,35). The van der Waals surface area contributed by atoms with Gasteiger partial charge >= 0.3 is 0 Å². The Hall–Kier alpha value is -3.09. The van der Waals surface area contributed by atoms with Gasteiger partial charge in [-0.25, -0.2) is 27.5 Å². The summed E-state index contributed by atoms with van der Waals surface area (Å²) >= 11 is 0. The number of hydrogen-bond donors (Lipinski definition) is 1. The van der Waals surface area contributed by atoms with Gasteiger partial charge < -0.3 is 5.32 Å². The second-order valence-electron chi connectivity index (χ2n) is 9.05. The third-order valence-electron chi connectivity index (χ3n) is 6.62. The van der Waals surface area contributed by atoms with Gasteiger partial charge in [-0.2, -0.15) is 0 Å².